The molecule has 0 fully saturated rings. The lowest BCUT2D eigenvalue weighted by Gasteiger charge is -2.09. The predicted octanol–water partition coefficient (Wildman–Crippen LogP) is 1.11. The van der Waals surface area contributed by atoms with Gasteiger partial charge in [0.25, 0.3) is 0 Å². The summed E-state index contributed by atoms with van der Waals surface area (Å²) in [4.78, 5) is 32.6. The third-order valence-electron chi connectivity index (χ3n) is 8.31. The number of carbonyl (C=O) groups excluding carboxylic acids is 2. The fourth-order valence-corrected chi connectivity index (χ4v) is 5.46. The number of fused-ring (bicyclic) bond motifs is 2. The number of nitrogens with one attached hydrogen (secondary N) is 2. The van der Waals surface area contributed by atoms with Crippen molar-refractivity contribution < 1.29 is 57.0 Å². The summed E-state index contributed by atoms with van der Waals surface area (Å²) in [5.74, 6) is 2.96. The number of terminal acetylenes is 1. The summed E-state index contributed by atoms with van der Waals surface area (Å²) in [5.41, 5.74) is 15.0. The normalized spacial score (nSPS) is 13.2. The first kappa shape index (κ1) is 47.0. The quantitative estimate of drug-likeness (QED) is 0.0374. The van der Waals surface area contributed by atoms with E-state index in [2.05, 4.69) is 26.5 Å². The smallest absolute Gasteiger partial charge is 0.308 e. The number of unbranched alkanes of at least 4 members (excludes halogenated alkanes) is 1. The molecule has 1 aromatic carbocycles. The monoisotopic (exact) mass is 830 g/mol. The van der Waals surface area contributed by atoms with Crippen LogP contribution in [0.4, 0.5) is 11.5 Å². The molecule has 1 unspecified atom stereocenters. The molecule has 6 N–H and O–H groups in total. The number of ether oxygens (including phenoxy) is 10. The fraction of sp³-hybridized carbons (Fsp3) is 0.615. The average molecular weight is 831 g/mol. The van der Waals surface area contributed by atoms with Crippen molar-refractivity contribution in [3.05, 3.63) is 24.5 Å². The van der Waals surface area contributed by atoms with Crippen molar-refractivity contribution in [3.8, 4) is 29.4 Å². The van der Waals surface area contributed by atoms with E-state index in [0.717, 1.165) is 24.1 Å². The molecule has 4 rings (SSSR count). The van der Waals surface area contributed by atoms with Crippen LogP contribution in [0.3, 0.4) is 0 Å². The minimum absolute atomic E-state index is 0.0810. The van der Waals surface area contributed by atoms with Crippen LogP contribution >= 0.6 is 0 Å². The Morgan fingerprint density at radius 2 is 1.39 bits per heavy atom. The van der Waals surface area contributed by atoms with E-state index in [4.69, 9.17) is 70.4 Å². The number of anilines is 2. The molecule has 0 spiro atoms. The number of aromatic nitrogens is 4. The summed E-state index contributed by atoms with van der Waals surface area (Å²) in [6.45, 7) is 7.26. The molecule has 1 amide bonds. The zero-order valence-corrected chi connectivity index (χ0v) is 33.6. The number of amides is 1. The molecule has 3 heterocycles. The van der Waals surface area contributed by atoms with Crippen LogP contribution in [0, 0.1) is 12.3 Å². The largest absolute Gasteiger partial charge is 0.463 e. The molecule has 0 saturated carbocycles. The Kier molecular flexibility index (Phi) is 22.8. The lowest BCUT2D eigenvalue weighted by molar-refractivity contribution is -0.146. The summed E-state index contributed by atoms with van der Waals surface area (Å²) >= 11 is 0. The highest BCUT2D eigenvalue weighted by Gasteiger charge is 2.22. The van der Waals surface area contributed by atoms with E-state index < -0.39 is 6.35 Å². The van der Waals surface area contributed by atoms with Gasteiger partial charge in [-0.1, -0.05) is 5.92 Å². The van der Waals surface area contributed by atoms with Crippen molar-refractivity contribution in [2.24, 2.45) is 5.73 Å². The molecule has 0 aliphatic carbocycles. The topological polar surface area (TPSA) is 246 Å². The van der Waals surface area contributed by atoms with Gasteiger partial charge in [-0.15, -0.1) is 6.42 Å². The molecule has 59 heavy (non-hydrogen) atoms. The van der Waals surface area contributed by atoms with Crippen LogP contribution < -0.4 is 26.8 Å². The highest BCUT2D eigenvalue weighted by atomic mass is 16.6. The van der Waals surface area contributed by atoms with E-state index in [-0.39, 0.29) is 51.1 Å². The van der Waals surface area contributed by atoms with Crippen LogP contribution in [0.15, 0.2) is 24.5 Å². The summed E-state index contributed by atoms with van der Waals surface area (Å²) < 4.78 is 55.5. The van der Waals surface area contributed by atoms with Crippen molar-refractivity contribution in [3.63, 3.8) is 0 Å². The van der Waals surface area contributed by atoms with Gasteiger partial charge in [-0.2, -0.15) is 5.10 Å². The van der Waals surface area contributed by atoms with Gasteiger partial charge in [-0.3, -0.25) is 15.3 Å². The number of benzene rings is 1. The van der Waals surface area contributed by atoms with E-state index in [0.29, 0.717) is 127 Å². The molecule has 0 saturated heterocycles. The van der Waals surface area contributed by atoms with Crippen LogP contribution in [0.25, 0.3) is 22.3 Å². The zero-order valence-electron chi connectivity index (χ0n) is 33.6. The summed E-state index contributed by atoms with van der Waals surface area (Å²) in [7, 11) is 0. The van der Waals surface area contributed by atoms with Crippen molar-refractivity contribution in [2.45, 2.75) is 38.6 Å². The number of esters is 1. The minimum atomic E-state index is -0.598. The third kappa shape index (κ3) is 18.4. The number of hydrogen-bond donors (Lipinski definition) is 4. The van der Waals surface area contributed by atoms with Crippen LogP contribution in [0.5, 0.6) is 5.75 Å². The van der Waals surface area contributed by atoms with Crippen molar-refractivity contribution in [1.82, 2.24) is 25.1 Å². The van der Waals surface area contributed by atoms with Crippen LogP contribution in [0.1, 0.15) is 25.7 Å². The van der Waals surface area contributed by atoms with Crippen molar-refractivity contribution in [2.75, 3.05) is 130 Å². The summed E-state index contributed by atoms with van der Waals surface area (Å²) in [6.07, 6.45) is 7.83. The number of nitrogens with two attached hydrogens (primary N) is 2. The molecule has 0 bridgehead atoms. The third-order valence-corrected chi connectivity index (χ3v) is 8.31. The number of aryl methyl sites for hydroxylation is 1. The maximum absolute atomic E-state index is 12.3. The van der Waals surface area contributed by atoms with Crippen molar-refractivity contribution in [1.29, 1.82) is 0 Å². The average Bonchev–Trinajstić information content (AvgIpc) is 3.80. The second-order valence-electron chi connectivity index (χ2n) is 12.7. The second kappa shape index (κ2) is 28.7. The molecule has 2 aromatic heterocycles. The van der Waals surface area contributed by atoms with Gasteiger partial charge in [0, 0.05) is 25.1 Å². The number of nitrogen functional groups attached to an aromatic ring is 1. The first-order valence-corrected chi connectivity index (χ1v) is 19.7. The van der Waals surface area contributed by atoms with Gasteiger partial charge in [0.1, 0.15) is 36.8 Å². The Morgan fingerprint density at radius 1 is 0.797 bits per heavy atom. The highest BCUT2D eigenvalue weighted by Crippen LogP contribution is 2.37. The van der Waals surface area contributed by atoms with E-state index in [1.807, 2.05) is 22.9 Å². The van der Waals surface area contributed by atoms with E-state index in [9.17, 15) is 9.59 Å². The standard InChI is InChI=1S/C39H58N8O12/c1-2-11-50-14-17-53-20-21-55-19-16-52-13-8-34(49)58-27-26-57-25-24-56-23-22-54-18-15-51-12-7-33(48)42-9-3-4-10-47-38-35(37(40)43-29-44-38)36(46-47)30-5-6-32-31(28-30)45-39(41)59-32/h1,5-6,28-29,39,45H,3-4,7-27,41H2,(H,42,48)(H2,40,43,44). The van der Waals surface area contributed by atoms with E-state index >= 15 is 0 Å². The van der Waals surface area contributed by atoms with Gasteiger partial charge in [0.15, 0.2) is 5.65 Å². The van der Waals surface area contributed by atoms with E-state index in [1.54, 1.807) is 0 Å². The first-order valence-electron chi connectivity index (χ1n) is 19.7. The number of carbonyl (C=O) groups is 2. The maximum atomic E-state index is 12.3. The number of hydrogen-bond acceptors (Lipinski definition) is 18. The predicted molar refractivity (Wildman–Crippen MR) is 215 cm³/mol. The van der Waals surface area contributed by atoms with Gasteiger partial charge < -0.3 is 63.7 Å². The molecule has 1 aliphatic rings. The Bertz CT molecular complexity index is 1710. The molecule has 326 valence electrons. The zero-order chi connectivity index (χ0) is 41.8. The maximum Gasteiger partial charge on any atom is 0.308 e. The van der Waals surface area contributed by atoms with Crippen LogP contribution in [-0.4, -0.2) is 157 Å². The summed E-state index contributed by atoms with van der Waals surface area (Å²) in [5, 5.41) is 11.5. The Labute approximate surface area is 344 Å². The molecular formula is C39H58N8O12. The Hall–Kier alpha value is -4.69. The lowest BCUT2D eigenvalue weighted by Crippen LogP contribution is -2.30. The molecular weight excluding hydrogens is 772 g/mol. The van der Waals surface area contributed by atoms with Crippen LogP contribution in [-0.2, 0) is 58.8 Å². The van der Waals surface area contributed by atoms with Crippen LogP contribution in [0.2, 0.25) is 0 Å². The van der Waals surface area contributed by atoms with Crippen molar-refractivity contribution >= 4 is 34.4 Å². The first-order chi connectivity index (χ1) is 29.0. The minimum Gasteiger partial charge on any atom is -0.463 e. The highest BCUT2D eigenvalue weighted by molar-refractivity contribution is 5.98. The summed E-state index contributed by atoms with van der Waals surface area (Å²) in [6, 6.07) is 5.65. The molecule has 3 aromatic rings. The number of nitrogens with zero attached hydrogens (tertiary/aromatic N) is 4. The van der Waals surface area contributed by atoms with Gasteiger partial charge >= 0.3 is 5.97 Å². The molecule has 20 heteroatoms. The van der Waals surface area contributed by atoms with E-state index in [1.165, 1.54) is 6.33 Å². The number of rotatable bonds is 34. The molecule has 1 aliphatic heterocycles. The van der Waals surface area contributed by atoms with Gasteiger partial charge in [0.05, 0.1) is 117 Å². The lowest BCUT2D eigenvalue weighted by atomic mass is 10.1. The second-order valence-corrected chi connectivity index (χ2v) is 12.7. The molecule has 0 radical (unpaired) electrons. The fourth-order valence-electron chi connectivity index (χ4n) is 5.46. The van der Waals surface area contributed by atoms with Gasteiger partial charge in [-0.25, -0.2) is 14.6 Å². The molecule has 20 nitrogen and oxygen atoms in total. The van der Waals surface area contributed by atoms with Gasteiger partial charge in [-0.05, 0) is 31.0 Å². The Morgan fingerprint density at radius 3 is 2.03 bits per heavy atom. The SMILES string of the molecule is C#CCOCCOCCOCCOCCC(=O)OCCOCCOCCOCCOCCC(=O)NCCCCn1nc(-c2ccc3c(c2)NC(N)O3)c2c(N)ncnc21. The van der Waals surface area contributed by atoms with Gasteiger partial charge in [0.2, 0.25) is 12.3 Å². The molecule has 1 atom stereocenters. The Balaban J connectivity index is 0.887.